The molecule has 0 aromatic heterocycles. The van der Waals surface area contributed by atoms with Gasteiger partial charge >= 0.3 is 17.9 Å². The van der Waals surface area contributed by atoms with Crippen LogP contribution in [0.1, 0.15) is 310 Å². The third-order valence-corrected chi connectivity index (χ3v) is 13.2. The predicted molar refractivity (Wildman–Crippen MR) is 302 cm³/mol. The lowest BCUT2D eigenvalue weighted by molar-refractivity contribution is -0.167. The predicted octanol–water partition coefficient (Wildman–Crippen LogP) is 20.4. The molecule has 0 spiro atoms. The summed E-state index contributed by atoms with van der Waals surface area (Å²) in [6.07, 6.45) is 73.5. The van der Waals surface area contributed by atoms with E-state index in [4.69, 9.17) is 14.2 Å². The molecule has 0 saturated carbocycles. The number of unbranched alkanes of at least 4 members (excludes halogenated alkanes) is 34. The third kappa shape index (κ3) is 56.0. The average molecular weight is 980 g/mol. The number of ether oxygens (including phenoxy) is 3. The molecule has 6 heteroatoms. The summed E-state index contributed by atoms with van der Waals surface area (Å²) < 4.78 is 16.9. The van der Waals surface area contributed by atoms with E-state index in [1.54, 1.807) is 0 Å². The smallest absolute Gasteiger partial charge is 0.306 e. The van der Waals surface area contributed by atoms with Gasteiger partial charge in [-0.3, -0.25) is 14.4 Å². The van der Waals surface area contributed by atoms with Crippen LogP contribution in [-0.2, 0) is 28.6 Å². The van der Waals surface area contributed by atoms with Gasteiger partial charge in [0, 0.05) is 19.3 Å². The van der Waals surface area contributed by atoms with E-state index in [1.165, 1.54) is 193 Å². The van der Waals surface area contributed by atoms with E-state index in [1.807, 2.05) is 0 Å². The van der Waals surface area contributed by atoms with Crippen LogP contribution in [0.4, 0.5) is 0 Å². The van der Waals surface area contributed by atoms with Crippen LogP contribution in [0, 0.1) is 0 Å². The van der Waals surface area contributed by atoms with Gasteiger partial charge in [-0.1, -0.05) is 242 Å². The Morgan fingerprint density at radius 2 is 0.514 bits per heavy atom. The van der Waals surface area contributed by atoms with Crippen molar-refractivity contribution in [3.05, 3.63) is 60.8 Å². The van der Waals surface area contributed by atoms with E-state index < -0.39 is 6.10 Å². The van der Waals surface area contributed by atoms with Crippen LogP contribution in [0.25, 0.3) is 0 Å². The van der Waals surface area contributed by atoms with Crippen molar-refractivity contribution in [3.63, 3.8) is 0 Å². The minimum Gasteiger partial charge on any atom is -0.462 e. The lowest BCUT2D eigenvalue weighted by atomic mass is 10.1. The fourth-order valence-corrected chi connectivity index (χ4v) is 8.62. The third-order valence-electron chi connectivity index (χ3n) is 13.2. The summed E-state index contributed by atoms with van der Waals surface area (Å²) >= 11 is 0. The van der Waals surface area contributed by atoms with E-state index in [-0.39, 0.29) is 31.1 Å². The second-order valence-electron chi connectivity index (χ2n) is 20.2. The van der Waals surface area contributed by atoms with Gasteiger partial charge < -0.3 is 14.2 Å². The van der Waals surface area contributed by atoms with E-state index in [0.29, 0.717) is 19.3 Å². The fraction of sp³-hybridized carbons (Fsp3) is 0.797. The summed E-state index contributed by atoms with van der Waals surface area (Å²) in [6.45, 7) is 6.60. The number of hydrogen-bond donors (Lipinski definition) is 0. The van der Waals surface area contributed by atoms with Crippen LogP contribution >= 0.6 is 0 Å². The maximum absolute atomic E-state index is 12.9. The molecule has 0 saturated heterocycles. The molecule has 6 nitrogen and oxygen atoms in total. The van der Waals surface area contributed by atoms with Crippen molar-refractivity contribution < 1.29 is 28.6 Å². The summed E-state index contributed by atoms with van der Waals surface area (Å²) in [6, 6.07) is 0. The van der Waals surface area contributed by atoms with Crippen molar-refractivity contribution >= 4 is 17.9 Å². The Bertz CT molecular complexity index is 1260. The van der Waals surface area contributed by atoms with Gasteiger partial charge in [0.05, 0.1) is 0 Å². The van der Waals surface area contributed by atoms with Crippen LogP contribution in [0.3, 0.4) is 0 Å². The summed E-state index contributed by atoms with van der Waals surface area (Å²) in [5.74, 6) is -0.883. The topological polar surface area (TPSA) is 78.9 Å². The normalized spacial score (nSPS) is 12.4. The molecule has 0 aliphatic rings. The zero-order chi connectivity index (χ0) is 50.7. The summed E-state index contributed by atoms with van der Waals surface area (Å²) in [5, 5.41) is 0. The molecule has 1 atom stereocenters. The molecular weight excluding hydrogens is 865 g/mol. The first-order valence-corrected chi connectivity index (χ1v) is 30.3. The number of carbonyl (C=O) groups is 3. The van der Waals surface area contributed by atoms with Gasteiger partial charge in [-0.25, -0.2) is 0 Å². The highest BCUT2D eigenvalue weighted by molar-refractivity contribution is 5.71. The fourth-order valence-electron chi connectivity index (χ4n) is 8.62. The van der Waals surface area contributed by atoms with Gasteiger partial charge in [-0.05, 0) is 109 Å². The lowest BCUT2D eigenvalue weighted by Crippen LogP contribution is -2.30. The van der Waals surface area contributed by atoms with Crippen LogP contribution in [0.2, 0.25) is 0 Å². The average Bonchev–Trinajstić information content (AvgIpc) is 3.36. The van der Waals surface area contributed by atoms with E-state index >= 15 is 0 Å². The molecule has 0 aliphatic heterocycles. The molecule has 0 fully saturated rings. The number of rotatable bonds is 55. The summed E-state index contributed by atoms with van der Waals surface area (Å²) in [5.41, 5.74) is 0. The maximum Gasteiger partial charge on any atom is 0.306 e. The quantitative estimate of drug-likeness (QED) is 0.0261. The summed E-state index contributed by atoms with van der Waals surface area (Å²) in [7, 11) is 0. The SMILES string of the molecule is CCCCC/C=C\C/C=C\CCCCCCCCCCCC(=O)OCC(COC(=O)CCCCCCC/C=C\CCCCCCC)OC(=O)CCCCCCCCCCC/C=C\C/C=C\CCCCC. The monoisotopic (exact) mass is 979 g/mol. The van der Waals surface area contributed by atoms with Crippen molar-refractivity contribution in [2.75, 3.05) is 13.2 Å². The molecule has 70 heavy (non-hydrogen) atoms. The Kier molecular flexibility index (Phi) is 56.3. The van der Waals surface area contributed by atoms with Crippen molar-refractivity contribution in [2.45, 2.75) is 316 Å². The number of hydrogen-bond acceptors (Lipinski definition) is 6. The first kappa shape index (κ1) is 67.1. The minimum atomic E-state index is -0.782. The Balaban J connectivity index is 4.37. The largest absolute Gasteiger partial charge is 0.462 e. The molecule has 0 aromatic carbocycles. The van der Waals surface area contributed by atoms with Gasteiger partial charge in [0.2, 0.25) is 0 Å². The Hall–Kier alpha value is -2.89. The van der Waals surface area contributed by atoms with Crippen molar-refractivity contribution in [3.8, 4) is 0 Å². The van der Waals surface area contributed by atoms with Crippen molar-refractivity contribution in [2.24, 2.45) is 0 Å². The highest BCUT2D eigenvalue weighted by Crippen LogP contribution is 2.16. The van der Waals surface area contributed by atoms with E-state index in [9.17, 15) is 14.4 Å². The second kappa shape index (κ2) is 58.7. The maximum atomic E-state index is 12.9. The standard InChI is InChI=1S/C64H114O6/c1-4-7-10-13-16-19-22-25-28-30-32-34-36-39-42-45-48-51-54-57-63(66)69-60-61(59-68-62(65)56-53-50-47-44-41-38-27-24-21-18-15-12-9-6-3)70-64(67)58-55-52-49-46-43-40-37-35-33-31-29-26-23-20-17-14-11-8-5-2/h16-17,19-20,24-29,61H,4-15,18,21-23,30-60H2,1-3H3/b19-16-,20-17-,27-24-,28-25-,29-26-. The highest BCUT2D eigenvalue weighted by atomic mass is 16.6. The van der Waals surface area contributed by atoms with Crippen LogP contribution in [-0.4, -0.2) is 37.2 Å². The molecule has 0 bridgehead atoms. The first-order chi connectivity index (χ1) is 34.5. The van der Waals surface area contributed by atoms with E-state index in [0.717, 1.165) is 77.0 Å². The highest BCUT2D eigenvalue weighted by Gasteiger charge is 2.19. The molecule has 0 amide bonds. The molecule has 0 rings (SSSR count). The Morgan fingerprint density at radius 3 is 0.829 bits per heavy atom. The molecule has 406 valence electrons. The van der Waals surface area contributed by atoms with Gasteiger partial charge in [-0.15, -0.1) is 0 Å². The molecule has 0 aromatic rings. The van der Waals surface area contributed by atoms with Crippen molar-refractivity contribution in [1.29, 1.82) is 0 Å². The Labute approximate surface area is 434 Å². The first-order valence-electron chi connectivity index (χ1n) is 30.3. The zero-order valence-corrected chi connectivity index (χ0v) is 46.5. The van der Waals surface area contributed by atoms with E-state index in [2.05, 4.69) is 81.5 Å². The molecule has 0 aliphatic carbocycles. The Morgan fingerprint density at radius 1 is 0.286 bits per heavy atom. The number of allylic oxidation sites excluding steroid dienone is 10. The molecule has 0 heterocycles. The summed E-state index contributed by atoms with van der Waals surface area (Å²) in [4.78, 5) is 38.2. The molecular formula is C64H114O6. The van der Waals surface area contributed by atoms with Gasteiger partial charge in [0.25, 0.3) is 0 Å². The van der Waals surface area contributed by atoms with Crippen molar-refractivity contribution in [1.82, 2.24) is 0 Å². The second-order valence-corrected chi connectivity index (χ2v) is 20.2. The molecule has 0 radical (unpaired) electrons. The van der Waals surface area contributed by atoms with Crippen LogP contribution in [0.15, 0.2) is 60.8 Å². The van der Waals surface area contributed by atoms with Gasteiger partial charge in [-0.2, -0.15) is 0 Å². The lowest BCUT2D eigenvalue weighted by Gasteiger charge is -2.18. The van der Waals surface area contributed by atoms with Gasteiger partial charge in [0.15, 0.2) is 6.10 Å². The molecule has 1 unspecified atom stereocenters. The van der Waals surface area contributed by atoms with Crippen LogP contribution in [0.5, 0.6) is 0 Å². The minimum absolute atomic E-state index is 0.0794. The number of carbonyl (C=O) groups excluding carboxylic acids is 3. The number of esters is 3. The van der Waals surface area contributed by atoms with Gasteiger partial charge in [0.1, 0.15) is 13.2 Å². The van der Waals surface area contributed by atoms with Crippen LogP contribution < -0.4 is 0 Å². The zero-order valence-electron chi connectivity index (χ0n) is 46.5. The molecule has 0 N–H and O–H groups in total.